The average Bonchev–Trinajstić information content (AvgIpc) is 3.05. The maximum Gasteiger partial charge on any atom is 0.255 e. The second-order valence-corrected chi connectivity index (χ2v) is 10.8. The van der Waals surface area contributed by atoms with Gasteiger partial charge in [0.15, 0.2) is 6.29 Å². The number of amides is 1. The Labute approximate surface area is 247 Å². The third kappa shape index (κ3) is 7.31. The van der Waals surface area contributed by atoms with E-state index in [9.17, 15) is 15.0 Å². The molecule has 4 aromatic rings. The summed E-state index contributed by atoms with van der Waals surface area (Å²) < 4.78 is 13.0. The van der Waals surface area contributed by atoms with Gasteiger partial charge in [-0.2, -0.15) is 0 Å². The number of rotatable bonds is 10. The SMILES string of the molecule is C[C@H]([C@@H](O)c1ccccc1)N(C)C[C@@H]1C[C@H](c2ccc(CO)cc2)O[C@H](c2ccc(NC(=O)c3ccccc3)cc2)O1. The molecule has 0 unspecified atom stereocenters. The molecular weight excluding hydrogens is 528 g/mol. The highest BCUT2D eigenvalue weighted by Crippen LogP contribution is 2.38. The molecule has 3 N–H and O–H groups in total. The lowest BCUT2D eigenvalue weighted by atomic mass is 9.98. The Bertz CT molecular complexity index is 1410. The first-order chi connectivity index (χ1) is 20.4. The van der Waals surface area contributed by atoms with Gasteiger partial charge in [0.05, 0.1) is 24.9 Å². The summed E-state index contributed by atoms with van der Waals surface area (Å²) in [6.45, 7) is 2.60. The van der Waals surface area contributed by atoms with Crippen LogP contribution in [-0.2, 0) is 16.1 Å². The number of carbonyl (C=O) groups is 1. The molecule has 0 aromatic heterocycles. The van der Waals surface area contributed by atoms with E-state index >= 15 is 0 Å². The summed E-state index contributed by atoms with van der Waals surface area (Å²) >= 11 is 0. The van der Waals surface area contributed by atoms with Crippen LogP contribution in [0.25, 0.3) is 0 Å². The fourth-order valence-corrected chi connectivity index (χ4v) is 5.21. The quantitative estimate of drug-likeness (QED) is 0.217. The van der Waals surface area contributed by atoms with Crippen molar-refractivity contribution < 1.29 is 24.5 Å². The summed E-state index contributed by atoms with van der Waals surface area (Å²) in [5, 5.41) is 23.4. The van der Waals surface area contributed by atoms with Crippen LogP contribution in [0.4, 0.5) is 5.69 Å². The van der Waals surface area contributed by atoms with Crippen LogP contribution in [0, 0.1) is 0 Å². The first-order valence-corrected chi connectivity index (χ1v) is 14.3. The van der Waals surface area contributed by atoms with Gasteiger partial charge >= 0.3 is 0 Å². The van der Waals surface area contributed by atoms with Gasteiger partial charge in [-0.05, 0) is 54.9 Å². The maximum atomic E-state index is 12.6. The lowest BCUT2D eigenvalue weighted by Crippen LogP contribution is -2.43. The van der Waals surface area contributed by atoms with Gasteiger partial charge in [0.25, 0.3) is 5.91 Å². The van der Waals surface area contributed by atoms with E-state index in [-0.39, 0.29) is 30.8 Å². The van der Waals surface area contributed by atoms with Crippen molar-refractivity contribution in [2.45, 2.75) is 50.6 Å². The first-order valence-electron chi connectivity index (χ1n) is 14.3. The number of aliphatic hydroxyl groups excluding tert-OH is 2. The minimum absolute atomic E-state index is 0.0141. The zero-order valence-corrected chi connectivity index (χ0v) is 24.0. The fourth-order valence-electron chi connectivity index (χ4n) is 5.21. The largest absolute Gasteiger partial charge is 0.392 e. The van der Waals surface area contributed by atoms with Crippen molar-refractivity contribution in [2.75, 3.05) is 18.9 Å². The van der Waals surface area contributed by atoms with Crippen molar-refractivity contribution in [3.05, 3.63) is 137 Å². The van der Waals surface area contributed by atoms with E-state index in [4.69, 9.17) is 9.47 Å². The van der Waals surface area contributed by atoms with Gasteiger partial charge in [0.1, 0.15) is 0 Å². The highest BCUT2D eigenvalue weighted by atomic mass is 16.7. The van der Waals surface area contributed by atoms with Gasteiger partial charge in [0.2, 0.25) is 0 Å². The molecule has 0 saturated carbocycles. The second kappa shape index (κ2) is 13.9. The van der Waals surface area contributed by atoms with E-state index in [1.807, 2.05) is 111 Å². The standard InChI is InChI=1S/C35H38N2O5/c1-24(33(39)27-9-5-3-6-10-27)37(2)22-31-21-32(26-15-13-25(23-38)14-16-26)42-35(41-31)29-17-19-30(20-18-29)36-34(40)28-11-7-4-8-12-28/h3-20,24,31-33,35,38-39H,21-23H2,1-2H3,(H,36,40)/t24-,31+,32-,33-,35-/m1/s1. The zero-order valence-electron chi connectivity index (χ0n) is 24.0. The molecule has 1 saturated heterocycles. The third-order valence-electron chi connectivity index (χ3n) is 7.88. The predicted octanol–water partition coefficient (Wildman–Crippen LogP) is 6.03. The van der Waals surface area contributed by atoms with E-state index in [1.54, 1.807) is 12.1 Å². The molecule has 1 aliphatic heterocycles. The number of aliphatic hydroxyl groups is 2. The first kappa shape index (κ1) is 29.6. The summed E-state index contributed by atoms with van der Waals surface area (Å²) in [6, 6.07) is 34.0. The molecule has 5 rings (SSSR count). The Balaban J connectivity index is 1.31. The number of ether oxygens (including phenoxy) is 2. The summed E-state index contributed by atoms with van der Waals surface area (Å²) in [4.78, 5) is 14.7. The third-order valence-corrected chi connectivity index (χ3v) is 7.88. The van der Waals surface area contributed by atoms with Crippen molar-refractivity contribution in [3.8, 4) is 0 Å². The molecule has 0 aliphatic carbocycles. The molecule has 42 heavy (non-hydrogen) atoms. The molecule has 5 atom stereocenters. The van der Waals surface area contributed by atoms with Gasteiger partial charge in [0, 0.05) is 35.8 Å². The molecule has 7 nitrogen and oxygen atoms in total. The minimum atomic E-state index is -0.632. The number of anilines is 1. The van der Waals surface area contributed by atoms with Crippen LogP contribution in [0.3, 0.4) is 0 Å². The van der Waals surface area contributed by atoms with Crippen molar-refractivity contribution in [1.82, 2.24) is 4.90 Å². The highest BCUT2D eigenvalue weighted by Gasteiger charge is 2.34. The summed E-state index contributed by atoms with van der Waals surface area (Å²) in [5.41, 5.74) is 4.85. The van der Waals surface area contributed by atoms with Crippen molar-refractivity contribution in [2.24, 2.45) is 0 Å². The molecule has 1 amide bonds. The van der Waals surface area contributed by atoms with Gasteiger partial charge in [-0.1, -0.05) is 84.9 Å². The van der Waals surface area contributed by atoms with Crippen LogP contribution in [0.5, 0.6) is 0 Å². The second-order valence-electron chi connectivity index (χ2n) is 10.8. The zero-order chi connectivity index (χ0) is 29.5. The van der Waals surface area contributed by atoms with Gasteiger partial charge in [-0.3, -0.25) is 9.69 Å². The average molecular weight is 567 g/mol. The highest BCUT2D eigenvalue weighted by molar-refractivity contribution is 6.04. The van der Waals surface area contributed by atoms with Crippen LogP contribution >= 0.6 is 0 Å². The van der Waals surface area contributed by atoms with E-state index in [0.717, 1.165) is 22.3 Å². The predicted molar refractivity (Wildman–Crippen MR) is 163 cm³/mol. The summed E-state index contributed by atoms with van der Waals surface area (Å²) in [7, 11) is 2.00. The minimum Gasteiger partial charge on any atom is -0.392 e. The molecule has 1 fully saturated rings. The summed E-state index contributed by atoms with van der Waals surface area (Å²) in [6.07, 6.45) is -1.00. The molecule has 1 aliphatic rings. The van der Waals surface area contributed by atoms with Crippen molar-refractivity contribution >= 4 is 11.6 Å². The Hall–Kier alpha value is -3.85. The molecule has 1 heterocycles. The summed E-state index contributed by atoms with van der Waals surface area (Å²) in [5.74, 6) is -0.171. The lowest BCUT2D eigenvalue weighted by molar-refractivity contribution is -0.253. The van der Waals surface area contributed by atoms with Gasteiger partial charge in [-0.25, -0.2) is 0 Å². The fraction of sp³-hybridized carbons (Fsp3) is 0.286. The topological polar surface area (TPSA) is 91.3 Å². The number of nitrogens with one attached hydrogen (secondary N) is 1. The number of nitrogens with zero attached hydrogens (tertiary/aromatic N) is 1. The van der Waals surface area contributed by atoms with Gasteiger partial charge in [-0.15, -0.1) is 0 Å². The smallest absolute Gasteiger partial charge is 0.255 e. The van der Waals surface area contributed by atoms with Crippen LogP contribution < -0.4 is 5.32 Å². The molecule has 0 radical (unpaired) electrons. The number of benzene rings is 4. The molecule has 0 bridgehead atoms. The van der Waals surface area contributed by atoms with Crippen molar-refractivity contribution in [1.29, 1.82) is 0 Å². The Kier molecular flexibility index (Phi) is 9.79. The Morgan fingerprint density at radius 2 is 1.50 bits per heavy atom. The number of hydrogen-bond donors (Lipinski definition) is 3. The molecule has 218 valence electrons. The monoisotopic (exact) mass is 566 g/mol. The number of hydrogen-bond acceptors (Lipinski definition) is 6. The van der Waals surface area contributed by atoms with Crippen LogP contribution in [0.2, 0.25) is 0 Å². The molecule has 0 spiro atoms. The number of carbonyl (C=O) groups excluding carboxylic acids is 1. The van der Waals surface area contributed by atoms with Crippen LogP contribution in [-0.4, -0.2) is 46.8 Å². The van der Waals surface area contributed by atoms with E-state index < -0.39 is 12.4 Å². The lowest BCUT2D eigenvalue weighted by Gasteiger charge is -2.39. The molecule has 4 aromatic carbocycles. The van der Waals surface area contributed by atoms with E-state index in [2.05, 4.69) is 10.2 Å². The van der Waals surface area contributed by atoms with Gasteiger partial charge < -0.3 is 25.0 Å². The van der Waals surface area contributed by atoms with Crippen LogP contribution in [0.15, 0.2) is 109 Å². The molecule has 7 heteroatoms. The van der Waals surface area contributed by atoms with Crippen molar-refractivity contribution in [3.63, 3.8) is 0 Å². The maximum absolute atomic E-state index is 12.6. The van der Waals surface area contributed by atoms with E-state index in [1.165, 1.54) is 0 Å². The van der Waals surface area contributed by atoms with E-state index in [0.29, 0.717) is 24.2 Å². The Morgan fingerprint density at radius 3 is 2.14 bits per heavy atom. The Morgan fingerprint density at radius 1 is 0.881 bits per heavy atom. The normalized spacial score (nSPS) is 20.2. The molecular formula is C35H38N2O5. The number of likely N-dealkylation sites (N-methyl/N-ethyl adjacent to an activating group) is 1. The van der Waals surface area contributed by atoms with Crippen LogP contribution in [0.1, 0.15) is 64.5 Å².